The Kier molecular flexibility index (Phi) is 16.3. The molecule has 0 saturated carbocycles. The quantitative estimate of drug-likeness (QED) is 0.151. The molecule has 0 bridgehead atoms. The van der Waals surface area contributed by atoms with Gasteiger partial charge in [-0.2, -0.15) is 0 Å². The van der Waals surface area contributed by atoms with Gasteiger partial charge in [-0.1, -0.05) is 31.9 Å². The highest BCUT2D eigenvalue weighted by Crippen LogP contribution is 2.24. The molecule has 53 heavy (non-hydrogen) atoms. The molecule has 0 saturated heterocycles. The molecule has 4 aromatic rings. The van der Waals surface area contributed by atoms with E-state index >= 15 is 0 Å². The van der Waals surface area contributed by atoms with Crippen molar-refractivity contribution in [2.45, 2.75) is 85.5 Å². The number of hydrogen-bond acceptors (Lipinski definition) is 11. The van der Waals surface area contributed by atoms with E-state index in [2.05, 4.69) is 51.8 Å². The first-order valence-corrected chi connectivity index (χ1v) is 18.1. The summed E-state index contributed by atoms with van der Waals surface area (Å²) >= 11 is 6.64. The second-order valence-corrected chi connectivity index (χ2v) is 16.3. The maximum atomic E-state index is 12.1. The van der Waals surface area contributed by atoms with Crippen molar-refractivity contribution in [1.29, 1.82) is 0 Å². The fourth-order valence-electron chi connectivity index (χ4n) is 3.91. The smallest absolute Gasteiger partial charge is 0.415 e. The summed E-state index contributed by atoms with van der Waals surface area (Å²) in [5.74, 6) is 1.23. The number of ether oxygens (including phenoxy) is 3. The number of aromatic nitrogens is 4. The lowest BCUT2D eigenvalue weighted by atomic mass is 10.1. The Balaban J connectivity index is 0.000000282. The van der Waals surface area contributed by atoms with Gasteiger partial charge in [0.1, 0.15) is 34.3 Å². The van der Waals surface area contributed by atoms with Gasteiger partial charge < -0.3 is 19.9 Å². The fourth-order valence-corrected chi connectivity index (χ4v) is 4.61. The van der Waals surface area contributed by atoms with Crippen LogP contribution in [0, 0.1) is 0 Å². The number of pyridine rings is 4. The standard InChI is InChI=1S/C16H20N4O2.C11H15BrN2O2.C11H14BrNO2/c1-16(2,3)22-15(21)20(4)14-10-12(6-8-19-14)11-5-7-18-13(17)9-11;1-11(2,3)16-10(15)14(4)9-7-8(12)5-6-13-9;1-11(2,3)15-10(14)7-9-6-8(12)4-5-13-9/h5-10H,1-4H3,(H2,17,18);5-7H,1-4H3;4-6H,7H2,1-3H3. The van der Waals surface area contributed by atoms with Crippen molar-refractivity contribution in [2.75, 3.05) is 29.6 Å². The Bertz CT molecular complexity index is 1840. The Hall–Kier alpha value is -4.63. The summed E-state index contributed by atoms with van der Waals surface area (Å²) in [6.07, 6.45) is 5.90. The molecule has 0 unspecified atom stereocenters. The third kappa shape index (κ3) is 17.6. The molecule has 2 amide bonds. The summed E-state index contributed by atoms with van der Waals surface area (Å²) in [5.41, 5.74) is 6.72. The molecule has 0 spiro atoms. The highest BCUT2D eigenvalue weighted by atomic mass is 79.9. The maximum absolute atomic E-state index is 12.1. The third-order valence-corrected chi connectivity index (χ3v) is 7.10. The number of nitrogens with two attached hydrogens (primary N) is 1. The molecule has 2 N–H and O–H groups in total. The molecule has 0 aliphatic carbocycles. The summed E-state index contributed by atoms with van der Waals surface area (Å²) in [6, 6.07) is 14.5. The first-order valence-electron chi connectivity index (χ1n) is 16.5. The fraction of sp³-hybridized carbons (Fsp3) is 0.395. The number of amides is 2. The average molecular weight is 860 g/mol. The highest BCUT2D eigenvalue weighted by Gasteiger charge is 2.23. The van der Waals surface area contributed by atoms with Crippen LogP contribution in [0.5, 0.6) is 0 Å². The number of nitrogens with zero attached hydrogens (tertiary/aromatic N) is 6. The molecular weight excluding hydrogens is 810 g/mol. The number of esters is 1. The van der Waals surface area contributed by atoms with Crippen LogP contribution in [-0.2, 0) is 25.4 Å². The largest absolute Gasteiger partial charge is 0.460 e. The van der Waals surface area contributed by atoms with Gasteiger partial charge in [0.15, 0.2) is 0 Å². The summed E-state index contributed by atoms with van der Waals surface area (Å²) < 4.78 is 17.5. The van der Waals surface area contributed by atoms with E-state index in [-0.39, 0.29) is 12.4 Å². The minimum Gasteiger partial charge on any atom is -0.460 e. The monoisotopic (exact) mass is 857 g/mol. The SMILES string of the molecule is CC(C)(C)OC(=O)Cc1cc(Br)ccn1.CN(C(=O)OC(C)(C)C)c1cc(-c2ccnc(N)c2)ccn1.CN(C(=O)OC(C)(C)C)c1cc(Br)ccn1. The molecule has 13 nitrogen and oxygen atoms in total. The lowest BCUT2D eigenvalue weighted by molar-refractivity contribution is -0.154. The van der Waals surface area contributed by atoms with Gasteiger partial charge in [-0.05, 0) is 122 Å². The average Bonchev–Trinajstić information content (AvgIpc) is 3.02. The zero-order valence-corrected chi connectivity index (χ0v) is 35.3. The highest BCUT2D eigenvalue weighted by molar-refractivity contribution is 9.10. The van der Waals surface area contributed by atoms with Gasteiger partial charge in [0, 0.05) is 47.8 Å². The number of nitrogen functional groups attached to an aromatic ring is 1. The van der Waals surface area contributed by atoms with Gasteiger partial charge >= 0.3 is 18.2 Å². The van der Waals surface area contributed by atoms with Gasteiger partial charge in [0.25, 0.3) is 0 Å². The molecular formula is C38H49Br2N7O6. The van der Waals surface area contributed by atoms with Crippen LogP contribution in [0.15, 0.2) is 82.3 Å². The van der Waals surface area contributed by atoms with Crippen LogP contribution < -0.4 is 15.5 Å². The second-order valence-electron chi connectivity index (χ2n) is 14.5. The summed E-state index contributed by atoms with van der Waals surface area (Å²) in [6.45, 7) is 16.5. The van der Waals surface area contributed by atoms with Crippen LogP contribution >= 0.6 is 31.9 Å². The Morgan fingerprint density at radius 2 is 1.02 bits per heavy atom. The van der Waals surface area contributed by atoms with Gasteiger partial charge in [-0.3, -0.25) is 19.6 Å². The molecule has 0 aromatic carbocycles. The number of rotatable bonds is 5. The van der Waals surface area contributed by atoms with Crippen LogP contribution in [0.2, 0.25) is 0 Å². The molecule has 4 heterocycles. The van der Waals surface area contributed by atoms with Crippen LogP contribution in [0.3, 0.4) is 0 Å². The molecule has 15 heteroatoms. The van der Waals surface area contributed by atoms with Crippen LogP contribution in [-0.4, -0.2) is 69.0 Å². The number of carbonyl (C=O) groups is 3. The topological polar surface area (TPSA) is 163 Å². The van der Waals surface area contributed by atoms with E-state index in [1.165, 1.54) is 9.80 Å². The van der Waals surface area contributed by atoms with Gasteiger partial charge in [-0.15, -0.1) is 0 Å². The molecule has 0 radical (unpaired) electrons. The number of anilines is 3. The van der Waals surface area contributed by atoms with Crippen molar-refractivity contribution in [2.24, 2.45) is 0 Å². The Labute approximate surface area is 328 Å². The zero-order chi connectivity index (χ0) is 40.1. The van der Waals surface area contributed by atoms with Crippen molar-refractivity contribution in [3.8, 4) is 11.1 Å². The van der Waals surface area contributed by atoms with Crippen molar-refractivity contribution < 1.29 is 28.6 Å². The van der Waals surface area contributed by atoms with Crippen molar-refractivity contribution >= 4 is 67.5 Å². The summed E-state index contributed by atoms with van der Waals surface area (Å²) in [5, 5.41) is 0. The van der Waals surface area contributed by atoms with E-state index in [0.29, 0.717) is 23.1 Å². The normalized spacial score (nSPS) is 11.1. The number of carbonyl (C=O) groups excluding carboxylic acids is 3. The molecule has 286 valence electrons. The number of hydrogen-bond donors (Lipinski definition) is 1. The minimum atomic E-state index is -0.553. The van der Waals surface area contributed by atoms with Crippen LogP contribution in [0.25, 0.3) is 11.1 Å². The van der Waals surface area contributed by atoms with E-state index in [1.807, 2.05) is 86.6 Å². The second kappa shape index (κ2) is 19.4. The van der Waals surface area contributed by atoms with Gasteiger partial charge in [0.05, 0.1) is 12.1 Å². The zero-order valence-electron chi connectivity index (χ0n) is 32.1. The summed E-state index contributed by atoms with van der Waals surface area (Å²) in [4.78, 5) is 54.4. The first-order chi connectivity index (χ1) is 24.4. The van der Waals surface area contributed by atoms with Crippen molar-refractivity contribution in [3.05, 3.63) is 88.0 Å². The molecule has 4 rings (SSSR count). The van der Waals surface area contributed by atoms with E-state index in [1.54, 1.807) is 63.1 Å². The lowest BCUT2D eigenvalue weighted by Crippen LogP contribution is -2.34. The molecule has 4 aromatic heterocycles. The van der Waals surface area contributed by atoms with Crippen LogP contribution in [0.1, 0.15) is 68.0 Å². The maximum Gasteiger partial charge on any atom is 0.415 e. The number of halogens is 2. The third-order valence-electron chi connectivity index (χ3n) is 6.11. The minimum absolute atomic E-state index is 0.205. The lowest BCUT2D eigenvalue weighted by Gasteiger charge is -2.24. The predicted molar refractivity (Wildman–Crippen MR) is 215 cm³/mol. The molecule has 0 aliphatic rings. The van der Waals surface area contributed by atoms with Gasteiger partial charge in [0.2, 0.25) is 0 Å². The summed E-state index contributed by atoms with van der Waals surface area (Å²) in [7, 11) is 3.25. The molecule has 0 atom stereocenters. The molecule has 0 aliphatic heterocycles. The Morgan fingerprint density at radius 1 is 0.604 bits per heavy atom. The predicted octanol–water partition coefficient (Wildman–Crippen LogP) is 9.04. The van der Waals surface area contributed by atoms with Crippen molar-refractivity contribution in [3.63, 3.8) is 0 Å². The van der Waals surface area contributed by atoms with Gasteiger partial charge in [-0.25, -0.2) is 24.5 Å². The van der Waals surface area contributed by atoms with Crippen molar-refractivity contribution in [1.82, 2.24) is 19.9 Å². The van der Waals surface area contributed by atoms with E-state index in [9.17, 15) is 14.4 Å². The van der Waals surface area contributed by atoms with Crippen LogP contribution in [0.4, 0.5) is 27.0 Å². The first kappa shape index (κ1) is 44.5. The van der Waals surface area contributed by atoms with E-state index < -0.39 is 29.0 Å². The Morgan fingerprint density at radius 3 is 1.47 bits per heavy atom. The molecule has 0 fully saturated rings. The van der Waals surface area contributed by atoms with E-state index in [4.69, 9.17) is 19.9 Å². The van der Waals surface area contributed by atoms with E-state index in [0.717, 1.165) is 20.1 Å².